The molecule has 2 aromatic heterocycles. The van der Waals surface area contributed by atoms with Crippen LogP contribution in [0.25, 0.3) is 73.7 Å². The van der Waals surface area contributed by atoms with E-state index >= 15 is 0 Å². The van der Waals surface area contributed by atoms with Crippen LogP contribution in [0.5, 0.6) is 0 Å². The van der Waals surface area contributed by atoms with Crippen LogP contribution < -0.4 is 5.46 Å². The summed E-state index contributed by atoms with van der Waals surface area (Å²) in [6, 6.07) is 56.7. The van der Waals surface area contributed by atoms with E-state index in [0.29, 0.717) is 29.1 Å². The fraction of sp³-hybridized carbons (Fsp3) is 0.164. The molecule has 75 heavy (non-hydrogen) atoms. The van der Waals surface area contributed by atoms with Crippen LogP contribution in [0.3, 0.4) is 0 Å². The number of allylic oxidation sites excluding steroid dienone is 8. The first kappa shape index (κ1) is 51.9. The van der Waals surface area contributed by atoms with Gasteiger partial charge in [-0.3, -0.25) is 0 Å². The van der Waals surface area contributed by atoms with Gasteiger partial charge < -0.3 is 10.0 Å². The van der Waals surface area contributed by atoms with Crippen LogP contribution in [0.15, 0.2) is 215 Å². The molecule has 4 unspecified atom stereocenters. The Morgan fingerprint density at radius 1 is 0.453 bits per heavy atom. The van der Waals surface area contributed by atoms with Gasteiger partial charge in [-0.1, -0.05) is 243 Å². The zero-order valence-electron chi connectivity index (χ0n) is 41.4. The van der Waals surface area contributed by atoms with Crippen LogP contribution in [0.2, 0.25) is 0 Å². The van der Waals surface area contributed by atoms with Crippen molar-refractivity contribution >= 4 is 130 Å². The topological polar surface area (TPSA) is 40.5 Å². The quantitative estimate of drug-likeness (QED) is 0.136. The normalized spacial score (nSPS) is 18.9. The van der Waals surface area contributed by atoms with Crippen molar-refractivity contribution in [3.63, 3.8) is 0 Å². The Labute approximate surface area is 479 Å². The molecule has 0 amide bonds. The van der Waals surface area contributed by atoms with E-state index in [4.69, 9.17) is 0 Å². The van der Waals surface area contributed by atoms with Gasteiger partial charge in [0, 0.05) is 59.3 Å². The SMILES string of the molecule is Brc1cccc(I)c1.C.CC1(C)c2cc(-c3cccc4c3sc3c(-c5cccc(Br)c5)cccc34)ccc2C2C=CC=CC21.CC1(C)c2cc(-c3cccc4c3sc3c(B(O)O)cccc34)ccc2C2C=CC=CC21. The summed E-state index contributed by atoms with van der Waals surface area (Å²) in [5.41, 5.74) is 14.3. The maximum Gasteiger partial charge on any atom is 0.489 e. The Bertz CT molecular complexity index is 3970. The molecule has 4 aliphatic rings. The van der Waals surface area contributed by atoms with E-state index in [1.807, 2.05) is 29.5 Å². The molecular formula is C67H56BBr2IO2S2. The molecule has 4 atom stereocenters. The Hall–Kier alpha value is -5.17. The Balaban J connectivity index is 0.000000139. The number of thiophene rings is 2. The highest BCUT2D eigenvalue weighted by molar-refractivity contribution is 14.1. The molecule has 8 heteroatoms. The molecule has 14 rings (SSSR count). The van der Waals surface area contributed by atoms with Gasteiger partial charge in [0.05, 0.1) is 0 Å². The molecule has 0 saturated carbocycles. The molecule has 8 aromatic carbocycles. The average molecular weight is 1250 g/mol. The van der Waals surface area contributed by atoms with Crippen molar-refractivity contribution in [2.24, 2.45) is 11.8 Å². The van der Waals surface area contributed by atoms with Crippen LogP contribution in [0.1, 0.15) is 69.2 Å². The van der Waals surface area contributed by atoms with Crippen LogP contribution in [0.4, 0.5) is 0 Å². The lowest BCUT2D eigenvalue weighted by atomic mass is 9.74. The largest absolute Gasteiger partial charge is 0.489 e. The molecule has 0 fully saturated rings. The Kier molecular flexibility index (Phi) is 14.3. The summed E-state index contributed by atoms with van der Waals surface area (Å²) in [4.78, 5) is 0. The van der Waals surface area contributed by atoms with Crippen LogP contribution >= 0.6 is 77.1 Å². The minimum atomic E-state index is -1.47. The lowest BCUT2D eigenvalue weighted by Gasteiger charge is -2.29. The van der Waals surface area contributed by atoms with Crippen molar-refractivity contribution in [2.75, 3.05) is 0 Å². The highest BCUT2D eigenvalue weighted by Gasteiger charge is 2.45. The molecule has 372 valence electrons. The number of rotatable bonds is 4. The van der Waals surface area contributed by atoms with Gasteiger partial charge in [0.2, 0.25) is 0 Å². The molecule has 0 saturated heterocycles. The van der Waals surface area contributed by atoms with Crippen molar-refractivity contribution in [1.29, 1.82) is 0 Å². The second-order valence-electron chi connectivity index (χ2n) is 21.0. The number of fused-ring (bicyclic) bond motifs is 12. The van der Waals surface area contributed by atoms with Gasteiger partial charge in [-0.05, 0) is 142 Å². The fourth-order valence-electron chi connectivity index (χ4n) is 12.4. The van der Waals surface area contributed by atoms with Crippen molar-refractivity contribution in [3.05, 3.63) is 241 Å². The monoisotopic (exact) mass is 1250 g/mol. The van der Waals surface area contributed by atoms with Crippen molar-refractivity contribution in [1.82, 2.24) is 0 Å². The smallest absolute Gasteiger partial charge is 0.423 e. The van der Waals surface area contributed by atoms with E-state index in [-0.39, 0.29) is 18.3 Å². The first-order valence-electron chi connectivity index (χ1n) is 25.2. The van der Waals surface area contributed by atoms with Gasteiger partial charge in [0.15, 0.2) is 0 Å². The van der Waals surface area contributed by atoms with Crippen LogP contribution in [-0.2, 0) is 10.8 Å². The zero-order valence-corrected chi connectivity index (χ0v) is 48.3. The second-order valence-corrected chi connectivity index (χ2v) is 26.1. The third-order valence-corrected chi connectivity index (χ3v) is 20.3. The summed E-state index contributed by atoms with van der Waals surface area (Å²) in [6.45, 7) is 9.54. The zero-order chi connectivity index (χ0) is 51.0. The van der Waals surface area contributed by atoms with Gasteiger partial charge in [-0.25, -0.2) is 0 Å². The molecule has 0 spiro atoms. The summed E-state index contributed by atoms with van der Waals surface area (Å²) < 4.78 is 8.39. The summed E-state index contributed by atoms with van der Waals surface area (Å²) in [5.74, 6) is 1.98. The maximum absolute atomic E-state index is 9.85. The molecular weight excluding hydrogens is 1200 g/mol. The fourth-order valence-corrected chi connectivity index (χ4v) is 16.9. The number of halogens is 3. The highest BCUT2D eigenvalue weighted by atomic mass is 127. The highest BCUT2D eigenvalue weighted by Crippen LogP contribution is 2.56. The molecule has 10 aromatic rings. The third kappa shape index (κ3) is 9.20. The van der Waals surface area contributed by atoms with Crippen molar-refractivity contribution in [2.45, 2.75) is 57.8 Å². The molecule has 0 radical (unpaired) electrons. The van der Waals surface area contributed by atoms with E-state index in [9.17, 15) is 10.0 Å². The number of benzene rings is 8. The van der Waals surface area contributed by atoms with Gasteiger partial charge >= 0.3 is 7.12 Å². The van der Waals surface area contributed by atoms with E-state index in [2.05, 4.69) is 264 Å². The maximum atomic E-state index is 9.85. The lowest BCUT2D eigenvalue weighted by Crippen LogP contribution is -2.29. The van der Waals surface area contributed by atoms with E-state index in [1.165, 1.54) is 89.5 Å². The molecule has 0 aliphatic heterocycles. The number of hydrogen-bond donors (Lipinski definition) is 2. The summed E-state index contributed by atoms with van der Waals surface area (Å²) in [7, 11) is -1.47. The molecule has 2 nitrogen and oxygen atoms in total. The predicted molar refractivity (Wildman–Crippen MR) is 341 cm³/mol. The molecule has 4 aliphatic carbocycles. The molecule has 2 N–H and O–H groups in total. The lowest BCUT2D eigenvalue weighted by molar-refractivity contribution is 0.394. The first-order valence-corrected chi connectivity index (χ1v) is 29.5. The van der Waals surface area contributed by atoms with Crippen molar-refractivity contribution < 1.29 is 10.0 Å². The molecule has 2 heterocycles. The van der Waals surface area contributed by atoms with Crippen LogP contribution in [-0.4, -0.2) is 17.2 Å². The third-order valence-electron chi connectivity index (χ3n) is 16.1. The van der Waals surface area contributed by atoms with E-state index in [1.54, 1.807) is 17.4 Å². The number of hydrogen-bond acceptors (Lipinski definition) is 4. The minimum Gasteiger partial charge on any atom is -0.423 e. The second kappa shape index (κ2) is 20.7. The van der Waals surface area contributed by atoms with Crippen LogP contribution in [0, 0.1) is 15.4 Å². The van der Waals surface area contributed by atoms with E-state index in [0.717, 1.165) is 19.0 Å². The average Bonchev–Trinajstić information content (AvgIpc) is 4.18. The Morgan fingerprint density at radius 2 is 0.853 bits per heavy atom. The van der Waals surface area contributed by atoms with Crippen molar-refractivity contribution in [3.8, 4) is 33.4 Å². The van der Waals surface area contributed by atoms with Gasteiger partial charge in [-0.15, -0.1) is 22.7 Å². The molecule has 0 bridgehead atoms. The summed E-state index contributed by atoms with van der Waals surface area (Å²) >= 11 is 12.9. The van der Waals surface area contributed by atoms with Gasteiger partial charge in [0.25, 0.3) is 0 Å². The van der Waals surface area contributed by atoms with Gasteiger partial charge in [-0.2, -0.15) is 0 Å². The van der Waals surface area contributed by atoms with Gasteiger partial charge in [0.1, 0.15) is 0 Å². The Morgan fingerprint density at radius 3 is 1.29 bits per heavy atom. The summed E-state index contributed by atoms with van der Waals surface area (Å²) in [6.07, 6.45) is 18.3. The standard InChI is InChI=1S/C33H25BrS.C27H23BO2S.C6H4BrI.CH4/c1-33(2)29-15-4-3-10-25(29)26-17-16-21(19-30(26)33)24-12-7-14-28-27-13-6-11-23(31(27)35-32(24)28)20-8-5-9-22(34)18-20;1-27(2)22-11-4-3-7-18(22)19-14-13-16(15-23(19)27)17-8-5-9-20-21-10-6-12-24(28(29)30)26(21)31-25(17)20;7-5-2-1-3-6(8)4-5;/h3-19,25,29H,1-2H3;3-15,18,22,29-30H,1-2H3;1-4H;1H4. The predicted octanol–water partition coefficient (Wildman–Crippen LogP) is 19.5. The van der Waals surface area contributed by atoms with E-state index < -0.39 is 7.12 Å². The summed E-state index contributed by atoms with van der Waals surface area (Å²) in [5, 5.41) is 24.6. The first-order chi connectivity index (χ1) is 35.8. The minimum absolute atomic E-state index is 0.